The molecule has 0 aromatic rings. The van der Waals surface area contributed by atoms with Crippen molar-refractivity contribution in [1.82, 2.24) is 0 Å². The summed E-state index contributed by atoms with van der Waals surface area (Å²) in [6.07, 6.45) is -23.3. The molecule has 27 nitrogen and oxygen atoms in total. The van der Waals surface area contributed by atoms with Gasteiger partial charge in [0.1, 0.15) is 38.1 Å². The molecular formula is C40H54O27. The van der Waals surface area contributed by atoms with Crippen LogP contribution in [-0.4, -0.2) is 178 Å². The van der Waals surface area contributed by atoms with Gasteiger partial charge in [0, 0.05) is 76.2 Å². The van der Waals surface area contributed by atoms with Crippen LogP contribution in [0.1, 0.15) is 76.2 Å². The molecule has 3 saturated heterocycles. The summed E-state index contributed by atoms with van der Waals surface area (Å²) in [5.74, 6) is -13.3. The fourth-order valence-electron chi connectivity index (χ4n) is 7.07. The summed E-state index contributed by atoms with van der Waals surface area (Å²) in [6.45, 7) is 7.51. The van der Waals surface area contributed by atoms with Crippen molar-refractivity contribution in [3.8, 4) is 0 Å². The average molecular weight is 967 g/mol. The molecular weight excluding hydrogens is 912 g/mol. The van der Waals surface area contributed by atoms with E-state index in [0.29, 0.717) is 0 Å². The van der Waals surface area contributed by atoms with Gasteiger partial charge in [0.05, 0.1) is 6.61 Å². The van der Waals surface area contributed by atoms with E-state index in [1.807, 2.05) is 0 Å². The standard InChI is InChI=1S/C40H54O27/c1-16(41)52-12-27-30(56-19(4)44)33(59-22(7)47)35(61-24(9)49)38(64-27)54-13-28-31(57-20(5)45)34(60-23(8)48)36(62-25(10)50)39(65-28)67-40(15-55-18(3)43)37(63-26(11)51)32(58-21(6)46)29(66-40)14-53-17(2)42/h27-39H,12-15H2,1-11H3/t27-,28-,29-,30+,31-,32-,33+,34+,35-,36-,37+,38-,39-,40+/m1/s1. The van der Waals surface area contributed by atoms with Crippen LogP contribution in [0.3, 0.4) is 0 Å². The Morgan fingerprint density at radius 3 is 1.12 bits per heavy atom. The van der Waals surface area contributed by atoms with Gasteiger partial charge in [0.2, 0.25) is 12.1 Å². The van der Waals surface area contributed by atoms with Gasteiger partial charge in [-0.3, -0.25) is 52.7 Å². The molecule has 3 rings (SSSR count). The molecule has 0 aliphatic carbocycles. The van der Waals surface area contributed by atoms with Gasteiger partial charge < -0.3 is 75.8 Å². The van der Waals surface area contributed by atoms with Crippen molar-refractivity contribution in [3.63, 3.8) is 0 Å². The maximum atomic E-state index is 12.8. The molecule has 0 radical (unpaired) electrons. The van der Waals surface area contributed by atoms with E-state index in [0.717, 1.165) is 76.2 Å². The molecule has 14 atom stereocenters. The molecule has 0 unspecified atom stereocenters. The van der Waals surface area contributed by atoms with Crippen molar-refractivity contribution in [2.45, 2.75) is 162 Å². The lowest BCUT2D eigenvalue weighted by atomic mass is 9.97. The molecule has 0 amide bonds. The van der Waals surface area contributed by atoms with Crippen LogP contribution >= 0.6 is 0 Å². The molecule has 27 heteroatoms. The molecule has 376 valence electrons. The highest BCUT2D eigenvalue weighted by molar-refractivity contribution is 5.71. The van der Waals surface area contributed by atoms with Gasteiger partial charge in [-0.05, 0) is 0 Å². The summed E-state index contributed by atoms with van der Waals surface area (Å²) in [4.78, 5) is 137. The van der Waals surface area contributed by atoms with Gasteiger partial charge in [-0.2, -0.15) is 0 Å². The molecule has 0 aromatic carbocycles. The second kappa shape index (κ2) is 24.7. The Hall–Kier alpha value is -6.03. The molecule has 0 N–H and O–H groups in total. The van der Waals surface area contributed by atoms with E-state index >= 15 is 0 Å². The fraction of sp³-hybridized carbons (Fsp3) is 0.725. The molecule has 0 spiro atoms. The highest BCUT2D eigenvalue weighted by atomic mass is 16.8. The van der Waals surface area contributed by atoms with Crippen LogP contribution in [0.15, 0.2) is 0 Å². The lowest BCUT2D eigenvalue weighted by Gasteiger charge is -2.47. The maximum Gasteiger partial charge on any atom is 0.303 e. The summed E-state index contributed by atoms with van der Waals surface area (Å²) < 4.78 is 90.3. The summed E-state index contributed by atoms with van der Waals surface area (Å²) in [5.41, 5.74) is 0. The van der Waals surface area contributed by atoms with Crippen molar-refractivity contribution in [1.29, 1.82) is 0 Å². The van der Waals surface area contributed by atoms with E-state index in [1.54, 1.807) is 0 Å². The summed E-state index contributed by atoms with van der Waals surface area (Å²) in [5, 5.41) is 0. The monoisotopic (exact) mass is 966 g/mol. The van der Waals surface area contributed by atoms with E-state index in [1.165, 1.54) is 0 Å². The highest BCUT2D eigenvalue weighted by Crippen LogP contribution is 2.42. The van der Waals surface area contributed by atoms with Crippen LogP contribution in [0.2, 0.25) is 0 Å². The Bertz CT molecular complexity index is 1860. The molecule has 0 aromatic heterocycles. The minimum absolute atomic E-state index is 0.650. The topological polar surface area (TPSA) is 335 Å². The van der Waals surface area contributed by atoms with E-state index in [4.69, 9.17) is 75.8 Å². The van der Waals surface area contributed by atoms with Crippen LogP contribution in [0, 0.1) is 0 Å². The maximum absolute atomic E-state index is 12.8. The van der Waals surface area contributed by atoms with Gasteiger partial charge in [-0.25, -0.2) is 0 Å². The zero-order valence-electron chi connectivity index (χ0n) is 38.4. The number of hydrogen-bond acceptors (Lipinski definition) is 27. The van der Waals surface area contributed by atoms with Gasteiger partial charge in [-0.1, -0.05) is 0 Å². The first-order chi connectivity index (χ1) is 31.2. The lowest BCUT2D eigenvalue weighted by molar-refractivity contribution is -0.388. The van der Waals surface area contributed by atoms with Gasteiger partial charge in [0.25, 0.3) is 0 Å². The normalized spacial score (nSPS) is 31.1. The summed E-state index contributed by atoms with van der Waals surface area (Å²) in [6, 6.07) is 0. The molecule has 3 aliphatic rings. The first kappa shape index (κ1) is 55.3. The van der Waals surface area contributed by atoms with Crippen molar-refractivity contribution in [3.05, 3.63) is 0 Å². The molecule has 3 fully saturated rings. The van der Waals surface area contributed by atoms with Crippen molar-refractivity contribution in [2.75, 3.05) is 26.4 Å². The third kappa shape index (κ3) is 16.4. The largest absolute Gasteiger partial charge is 0.463 e. The first-order valence-corrected chi connectivity index (χ1v) is 20.3. The SMILES string of the molecule is CC(=O)OC[C@H]1O[C@@H](OC[C@H]2O[C@H](O[C@]3(COC(C)=O)O[C@H](COC(C)=O)[C@@H](OC(C)=O)[C@@H]3OC(C)=O)[C@H](OC(C)=O)[C@@H](OC(C)=O)[C@@H]2OC(C)=O)[C@H](OC(C)=O)[C@@H](OC(C)=O)[C@H]1OC(C)=O. The second-order valence-corrected chi connectivity index (χ2v) is 14.9. The Labute approximate surface area is 382 Å². The molecule has 0 bridgehead atoms. The fourth-order valence-corrected chi connectivity index (χ4v) is 7.07. The second-order valence-electron chi connectivity index (χ2n) is 14.9. The smallest absolute Gasteiger partial charge is 0.303 e. The van der Waals surface area contributed by atoms with Crippen LogP contribution < -0.4 is 0 Å². The molecule has 3 heterocycles. The zero-order chi connectivity index (χ0) is 50.5. The number of ether oxygens (including phenoxy) is 16. The predicted octanol–water partition coefficient (Wildman–Crippen LogP) is -1.29. The predicted molar refractivity (Wildman–Crippen MR) is 206 cm³/mol. The Kier molecular flexibility index (Phi) is 20.3. The summed E-state index contributed by atoms with van der Waals surface area (Å²) in [7, 11) is 0. The van der Waals surface area contributed by atoms with Crippen molar-refractivity contribution < 1.29 is 129 Å². The molecule has 0 saturated carbocycles. The third-order valence-corrected chi connectivity index (χ3v) is 9.16. The van der Waals surface area contributed by atoms with E-state index in [-0.39, 0.29) is 0 Å². The number of hydrogen-bond donors (Lipinski definition) is 0. The lowest BCUT2D eigenvalue weighted by Crippen LogP contribution is -2.66. The van der Waals surface area contributed by atoms with Crippen molar-refractivity contribution in [2.24, 2.45) is 0 Å². The minimum atomic E-state index is -2.66. The molecule has 3 aliphatic heterocycles. The van der Waals surface area contributed by atoms with E-state index < -0.39 is 178 Å². The third-order valence-electron chi connectivity index (χ3n) is 9.16. The van der Waals surface area contributed by atoms with Crippen molar-refractivity contribution >= 4 is 65.7 Å². The minimum Gasteiger partial charge on any atom is -0.463 e. The van der Waals surface area contributed by atoms with E-state index in [9.17, 15) is 52.7 Å². The average Bonchev–Trinajstić information content (AvgIpc) is 3.44. The van der Waals surface area contributed by atoms with Gasteiger partial charge in [-0.15, -0.1) is 0 Å². The van der Waals surface area contributed by atoms with Gasteiger partial charge >= 0.3 is 65.7 Å². The highest BCUT2D eigenvalue weighted by Gasteiger charge is 2.65. The number of carbonyl (C=O) groups excluding carboxylic acids is 11. The number of rotatable bonds is 19. The van der Waals surface area contributed by atoms with Crippen LogP contribution in [0.4, 0.5) is 0 Å². The van der Waals surface area contributed by atoms with Gasteiger partial charge in [0.15, 0.2) is 55.1 Å². The summed E-state index contributed by atoms with van der Waals surface area (Å²) >= 11 is 0. The Morgan fingerprint density at radius 1 is 0.358 bits per heavy atom. The Balaban J connectivity index is 2.28. The van der Waals surface area contributed by atoms with E-state index in [2.05, 4.69) is 0 Å². The zero-order valence-corrected chi connectivity index (χ0v) is 38.4. The number of esters is 11. The molecule has 67 heavy (non-hydrogen) atoms. The van der Waals surface area contributed by atoms with Crippen LogP contribution in [0.5, 0.6) is 0 Å². The van der Waals surface area contributed by atoms with Crippen LogP contribution in [0.25, 0.3) is 0 Å². The Morgan fingerprint density at radius 2 is 0.701 bits per heavy atom. The quantitative estimate of drug-likeness (QED) is 0.107. The van der Waals surface area contributed by atoms with Crippen LogP contribution in [-0.2, 0) is 129 Å². The first-order valence-electron chi connectivity index (χ1n) is 20.3. The number of carbonyl (C=O) groups is 11.